The van der Waals surface area contributed by atoms with E-state index in [1.807, 2.05) is 0 Å². The maximum atomic E-state index is 13.0. The van der Waals surface area contributed by atoms with E-state index in [0.29, 0.717) is 0 Å². The molecule has 92 valence electrons. The molecule has 0 unspecified atom stereocenters. The van der Waals surface area contributed by atoms with Crippen LogP contribution in [0.1, 0.15) is 10.4 Å². The van der Waals surface area contributed by atoms with Crippen LogP contribution >= 0.6 is 11.6 Å². The Bertz CT molecular complexity index is 587. The lowest BCUT2D eigenvalue weighted by atomic mass is 10.2. The molecule has 0 aliphatic rings. The molecule has 2 aromatic rings. The molecule has 0 radical (unpaired) electrons. The van der Waals surface area contributed by atoms with Gasteiger partial charge >= 0.3 is 0 Å². The highest BCUT2D eigenvalue weighted by Gasteiger charge is 2.09. The minimum absolute atomic E-state index is 0.144. The van der Waals surface area contributed by atoms with Crippen molar-refractivity contribution in [2.45, 2.75) is 0 Å². The Balaban J connectivity index is 2.21. The van der Waals surface area contributed by atoms with Crippen molar-refractivity contribution >= 4 is 23.2 Å². The van der Waals surface area contributed by atoms with Gasteiger partial charge in [-0.15, -0.1) is 0 Å². The first-order valence-corrected chi connectivity index (χ1v) is 5.32. The van der Waals surface area contributed by atoms with Crippen LogP contribution in [0.25, 0.3) is 0 Å². The molecule has 18 heavy (non-hydrogen) atoms. The number of carbonyl (C=O) groups excluding carboxylic acids is 1. The first kappa shape index (κ1) is 12.4. The van der Waals surface area contributed by atoms with Gasteiger partial charge in [-0.1, -0.05) is 11.6 Å². The number of pyridine rings is 1. The minimum atomic E-state index is -0.685. The van der Waals surface area contributed by atoms with Crippen LogP contribution < -0.4 is 5.32 Å². The third-order valence-corrected chi connectivity index (χ3v) is 2.50. The van der Waals surface area contributed by atoms with E-state index in [-0.39, 0.29) is 16.3 Å². The van der Waals surface area contributed by atoms with Crippen molar-refractivity contribution in [3.8, 4) is 0 Å². The molecule has 6 heteroatoms. The zero-order valence-corrected chi connectivity index (χ0v) is 9.71. The first-order valence-electron chi connectivity index (χ1n) is 4.94. The molecule has 1 aromatic heterocycles. The van der Waals surface area contributed by atoms with Crippen LogP contribution in [0.3, 0.4) is 0 Å². The van der Waals surface area contributed by atoms with Crippen molar-refractivity contribution in [2.24, 2.45) is 0 Å². The average Bonchev–Trinajstić information content (AvgIpc) is 2.34. The third-order valence-electron chi connectivity index (χ3n) is 2.17. The van der Waals surface area contributed by atoms with Crippen molar-refractivity contribution in [1.82, 2.24) is 4.98 Å². The number of amides is 1. The maximum Gasteiger partial charge on any atom is 0.257 e. The van der Waals surface area contributed by atoms with Crippen molar-refractivity contribution in [2.75, 3.05) is 5.32 Å². The fourth-order valence-electron chi connectivity index (χ4n) is 1.30. The fraction of sp³-hybridized carbons (Fsp3) is 0. The molecule has 1 amide bonds. The number of nitrogens with one attached hydrogen (secondary N) is 1. The molecule has 0 aliphatic heterocycles. The van der Waals surface area contributed by atoms with E-state index >= 15 is 0 Å². The summed E-state index contributed by atoms with van der Waals surface area (Å²) in [5, 5.41) is 2.62. The van der Waals surface area contributed by atoms with Gasteiger partial charge in [0.1, 0.15) is 5.82 Å². The van der Waals surface area contributed by atoms with Gasteiger partial charge in [-0.05, 0) is 30.3 Å². The summed E-state index contributed by atoms with van der Waals surface area (Å²) in [6, 6.07) is 5.93. The van der Waals surface area contributed by atoms with E-state index in [9.17, 15) is 13.6 Å². The minimum Gasteiger partial charge on any atom is -0.320 e. The molecule has 3 nitrogen and oxygen atoms in total. The molecule has 1 aromatic carbocycles. The summed E-state index contributed by atoms with van der Waals surface area (Å²) in [7, 11) is 0. The Labute approximate surface area is 106 Å². The summed E-state index contributed by atoms with van der Waals surface area (Å²) >= 11 is 5.80. The highest BCUT2D eigenvalue weighted by Crippen LogP contribution is 2.22. The van der Waals surface area contributed by atoms with Gasteiger partial charge in [-0.2, -0.15) is 4.39 Å². The van der Waals surface area contributed by atoms with E-state index in [0.717, 1.165) is 18.3 Å². The number of rotatable bonds is 2. The number of nitrogens with zero attached hydrogens (tertiary/aromatic N) is 1. The first-order chi connectivity index (χ1) is 8.56. The van der Waals surface area contributed by atoms with Crippen LogP contribution in [0, 0.1) is 11.8 Å². The molecule has 2 rings (SSSR count). The molecule has 0 saturated carbocycles. The lowest BCUT2D eigenvalue weighted by Gasteiger charge is -2.06. The van der Waals surface area contributed by atoms with Gasteiger partial charge in [-0.3, -0.25) is 4.79 Å². The summed E-state index contributed by atoms with van der Waals surface area (Å²) in [5.41, 5.74) is 0.294. The monoisotopic (exact) mass is 268 g/mol. The quantitative estimate of drug-likeness (QED) is 0.850. The molecule has 0 spiro atoms. The van der Waals surface area contributed by atoms with Crippen LogP contribution in [0.15, 0.2) is 36.5 Å². The highest BCUT2D eigenvalue weighted by atomic mass is 35.5. The molecule has 0 fully saturated rings. The van der Waals surface area contributed by atoms with Gasteiger partial charge < -0.3 is 5.32 Å². The van der Waals surface area contributed by atoms with Crippen molar-refractivity contribution < 1.29 is 13.6 Å². The van der Waals surface area contributed by atoms with Gasteiger partial charge in [0.05, 0.1) is 16.3 Å². The molecular formula is C12H7ClF2N2O. The number of carbonyl (C=O) groups is 1. The number of halogens is 3. The van der Waals surface area contributed by atoms with Crippen LogP contribution in [-0.2, 0) is 0 Å². The second-order valence-electron chi connectivity index (χ2n) is 3.45. The summed E-state index contributed by atoms with van der Waals surface area (Å²) in [4.78, 5) is 15.1. The summed E-state index contributed by atoms with van der Waals surface area (Å²) in [6.07, 6.45) is 1.08. The van der Waals surface area contributed by atoms with Crippen molar-refractivity contribution in [3.63, 3.8) is 0 Å². The number of aromatic nitrogens is 1. The summed E-state index contributed by atoms with van der Waals surface area (Å²) < 4.78 is 25.6. The van der Waals surface area contributed by atoms with Gasteiger partial charge in [0.15, 0.2) is 0 Å². The predicted molar refractivity (Wildman–Crippen MR) is 63.6 cm³/mol. The number of anilines is 1. The molecule has 1 N–H and O–H groups in total. The average molecular weight is 269 g/mol. The maximum absolute atomic E-state index is 13.0. The Morgan fingerprint density at radius 3 is 2.67 bits per heavy atom. The molecule has 0 saturated heterocycles. The van der Waals surface area contributed by atoms with Gasteiger partial charge in [0, 0.05) is 6.20 Å². The summed E-state index contributed by atoms with van der Waals surface area (Å²) in [6.45, 7) is 0. The molecular weight excluding hydrogens is 262 g/mol. The van der Waals surface area contributed by atoms with Crippen LogP contribution in [0.4, 0.5) is 14.5 Å². The Kier molecular flexibility index (Phi) is 3.53. The Morgan fingerprint density at radius 1 is 1.22 bits per heavy atom. The molecule has 0 aliphatic carbocycles. The van der Waals surface area contributed by atoms with Crippen LogP contribution in [0.5, 0.6) is 0 Å². The van der Waals surface area contributed by atoms with E-state index in [1.165, 1.54) is 18.2 Å². The van der Waals surface area contributed by atoms with Crippen LogP contribution in [-0.4, -0.2) is 10.9 Å². The van der Waals surface area contributed by atoms with Crippen molar-refractivity contribution in [1.29, 1.82) is 0 Å². The van der Waals surface area contributed by atoms with Gasteiger partial charge in [-0.25, -0.2) is 9.37 Å². The van der Waals surface area contributed by atoms with Crippen molar-refractivity contribution in [3.05, 3.63) is 58.9 Å². The SMILES string of the molecule is O=C(Nc1cc(F)ccc1Cl)c1ccc(F)nc1. The zero-order valence-electron chi connectivity index (χ0n) is 8.95. The van der Waals surface area contributed by atoms with E-state index < -0.39 is 17.7 Å². The zero-order chi connectivity index (χ0) is 13.1. The number of hydrogen-bond donors (Lipinski definition) is 1. The number of benzene rings is 1. The van der Waals surface area contributed by atoms with E-state index in [4.69, 9.17) is 11.6 Å². The second kappa shape index (κ2) is 5.10. The lowest BCUT2D eigenvalue weighted by Crippen LogP contribution is -2.12. The van der Waals surface area contributed by atoms with Gasteiger partial charge in [0.25, 0.3) is 5.91 Å². The van der Waals surface area contributed by atoms with Gasteiger partial charge in [0.2, 0.25) is 5.95 Å². The fourth-order valence-corrected chi connectivity index (χ4v) is 1.46. The topological polar surface area (TPSA) is 42.0 Å². The summed E-state index contributed by atoms with van der Waals surface area (Å²) in [5.74, 6) is -1.75. The third kappa shape index (κ3) is 2.81. The van der Waals surface area contributed by atoms with E-state index in [1.54, 1.807) is 0 Å². The van der Waals surface area contributed by atoms with Crippen LogP contribution in [0.2, 0.25) is 5.02 Å². The normalized spacial score (nSPS) is 10.2. The largest absolute Gasteiger partial charge is 0.320 e. The molecule has 0 atom stereocenters. The highest BCUT2D eigenvalue weighted by molar-refractivity contribution is 6.33. The second-order valence-corrected chi connectivity index (χ2v) is 3.86. The lowest BCUT2D eigenvalue weighted by molar-refractivity contribution is 0.102. The predicted octanol–water partition coefficient (Wildman–Crippen LogP) is 3.27. The number of hydrogen-bond acceptors (Lipinski definition) is 2. The molecule has 1 heterocycles. The standard InChI is InChI=1S/C12H7ClF2N2O/c13-9-3-2-8(14)5-10(9)17-12(18)7-1-4-11(15)16-6-7/h1-6H,(H,17,18). The molecule has 0 bridgehead atoms. The smallest absolute Gasteiger partial charge is 0.257 e. The Morgan fingerprint density at radius 2 is 2.00 bits per heavy atom. The van der Waals surface area contributed by atoms with E-state index in [2.05, 4.69) is 10.3 Å². The Hall–Kier alpha value is -2.01.